The SMILES string of the molecule is CCCCCCCCCCCCCCCCCCCCCC(=O)OC1(C(N)=O)CCCCC1. The minimum absolute atomic E-state index is 0.248. The average molecular weight is 466 g/mol. The van der Waals surface area contributed by atoms with Crippen LogP contribution in [0.5, 0.6) is 0 Å². The van der Waals surface area contributed by atoms with Crippen molar-refractivity contribution in [3.05, 3.63) is 0 Å². The summed E-state index contributed by atoms with van der Waals surface area (Å²) in [7, 11) is 0. The summed E-state index contributed by atoms with van der Waals surface area (Å²) in [5.74, 6) is -0.716. The molecule has 0 aromatic rings. The molecule has 0 unspecified atom stereocenters. The maximum Gasteiger partial charge on any atom is 0.306 e. The maximum absolute atomic E-state index is 12.2. The molecular weight excluding hydrogens is 410 g/mol. The van der Waals surface area contributed by atoms with Crippen LogP contribution in [-0.4, -0.2) is 17.5 Å². The topological polar surface area (TPSA) is 69.4 Å². The van der Waals surface area contributed by atoms with Gasteiger partial charge in [0.05, 0.1) is 0 Å². The van der Waals surface area contributed by atoms with Gasteiger partial charge in [0.1, 0.15) is 0 Å². The van der Waals surface area contributed by atoms with E-state index in [0.717, 1.165) is 32.1 Å². The van der Waals surface area contributed by atoms with E-state index in [2.05, 4.69) is 6.92 Å². The molecule has 0 aromatic heterocycles. The van der Waals surface area contributed by atoms with E-state index in [1.54, 1.807) is 0 Å². The number of amides is 1. The van der Waals surface area contributed by atoms with Gasteiger partial charge in [0.25, 0.3) is 5.91 Å². The van der Waals surface area contributed by atoms with E-state index in [0.29, 0.717) is 19.3 Å². The van der Waals surface area contributed by atoms with Crippen LogP contribution >= 0.6 is 0 Å². The number of carbonyl (C=O) groups excluding carboxylic acids is 2. The maximum atomic E-state index is 12.2. The number of esters is 1. The van der Waals surface area contributed by atoms with Crippen LogP contribution in [-0.2, 0) is 14.3 Å². The van der Waals surface area contributed by atoms with Gasteiger partial charge >= 0.3 is 5.97 Å². The Morgan fingerprint density at radius 1 is 0.606 bits per heavy atom. The normalized spacial score (nSPS) is 15.4. The van der Waals surface area contributed by atoms with Crippen molar-refractivity contribution in [1.29, 1.82) is 0 Å². The van der Waals surface area contributed by atoms with Crippen molar-refractivity contribution in [3.63, 3.8) is 0 Å². The summed E-state index contributed by atoms with van der Waals surface area (Å²) in [5, 5.41) is 0. The lowest BCUT2D eigenvalue weighted by atomic mass is 9.84. The van der Waals surface area contributed by atoms with Crippen molar-refractivity contribution in [2.24, 2.45) is 5.73 Å². The second-order valence-corrected chi connectivity index (χ2v) is 10.5. The summed E-state index contributed by atoms with van der Waals surface area (Å²) in [4.78, 5) is 24.0. The van der Waals surface area contributed by atoms with Gasteiger partial charge in [-0.15, -0.1) is 0 Å². The first-order valence-corrected chi connectivity index (χ1v) is 14.6. The first-order valence-electron chi connectivity index (χ1n) is 14.6. The number of carbonyl (C=O) groups is 2. The summed E-state index contributed by atoms with van der Waals surface area (Å²) in [6, 6.07) is 0. The third-order valence-electron chi connectivity index (χ3n) is 7.40. The lowest BCUT2D eigenvalue weighted by molar-refractivity contribution is -0.171. The Balaban J connectivity index is 1.82. The van der Waals surface area contributed by atoms with E-state index in [4.69, 9.17) is 10.5 Å². The molecule has 1 aliphatic rings. The molecule has 1 fully saturated rings. The Bertz CT molecular complexity index is 485. The van der Waals surface area contributed by atoms with Crippen LogP contribution in [0.15, 0.2) is 0 Å². The van der Waals surface area contributed by atoms with E-state index in [-0.39, 0.29) is 5.97 Å². The van der Waals surface area contributed by atoms with Crippen LogP contribution in [0.25, 0.3) is 0 Å². The lowest BCUT2D eigenvalue weighted by Gasteiger charge is -2.33. The molecule has 1 rings (SSSR count). The van der Waals surface area contributed by atoms with Gasteiger partial charge in [-0.25, -0.2) is 0 Å². The van der Waals surface area contributed by atoms with Crippen molar-refractivity contribution in [3.8, 4) is 0 Å². The molecule has 0 atom stereocenters. The molecular formula is C29H55NO3. The average Bonchev–Trinajstić information content (AvgIpc) is 2.81. The number of primary amides is 1. The zero-order valence-corrected chi connectivity index (χ0v) is 22.0. The minimum Gasteiger partial charge on any atom is -0.449 e. The van der Waals surface area contributed by atoms with Gasteiger partial charge in [0, 0.05) is 6.42 Å². The van der Waals surface area contributed by atoms with Crippen molar-refractivity contribution in [2.45, 2.75) is 173 Å². The number of ether oxygens (including phenoxy) is 1. The Morgan fingerprint density at radius 3 is 1.33 bits per heavy atom. The van der Waals surface area contributed by atoms with Gasteiger partial charge in [-0.05, 0) is 32.1 Å². The van der Waals surface area contributed by atoms with Crippen molar-refractivity contribution in [2.75, 3.05) is 0 Å². The molecule has 0 heterocycles. The Kier molecular flexibility index (Phi) is 18.5. The van der Waals surface area contributed by atoms with E-state index >= 15 is 0 Å². The van der Waals surface area contributed by atoms with Crippen LogP contribution in [0.1, 0.15) is 167 Å². The summed E-state index contributed by atoms with van der Waals surface area (Å²) in [5.41, 5.74) is 4.51. The predicted molar refractivity (Wildman–Crippen MR) is 139 cm³/mol. The third-order valence-corrected chi connectivity index (χ3v) is 7.40. The summed E-state index contributed by atoms with van der Waals surface area (Å²) < 4.78 is 5.56. The largest absolute Gasteiger partial charge is 0.449 e. The zero-order valence-electron chi connectivity index (χ0n) is 22.0. The minimum atomic E-state index is -1.02. The van der Waals surface area contributed by atoms with Crippen molar-refractivity contribution in [1.82, 2.24) is 0 Å². The molecule has 0 radical (unpaired) electrons. The molecule has 2 N–H and O–H groups in total. The molecule has 1 aliphatic carbocycles. The monoisotopic (exact) mass is 465 g/mol. The summed E-state index contributed by atoms with van der Waals surface area (Å²) in [6.07, 6.45) is 30.0. The number of hydrogen-bond acceptors (Lipinski definition) is 3. The third kappa shape index (κ3) is 15.5. The molecule has 4 heteroatoms. The highest BCUT2D eigenvalue weighted by atomic mass is 16.6. The van der Waals surface area contributed by atoms with Gasteiger partial charge in [0.2, 0.25) is 0 Å². The fourth-order valence-corrected chi connectivity index (χ4v) is 5.14. The van der Waals surface area contributed by atoms with Gasteiger partial charge in [-0.1, -0.05) is 129 Å². The van der Waals surface area contributed by atoms with Crippen molar-refractivity contribution < 1.29 is 14.3 Å². The molecule has 194 valence electrons. The van der Waals surface area contributed by atoms with E-state index in [9.17, 15) is 9.59 Å². The summed E-state index contributed by atoms with van der Waals surface area (Å²) in [6.45, 7) is 2.28. The number of unbranched alkanes of at least 4 members (excludes halogenated alkanes) is 18. The van der Waals surface area contributed by atoms with E-state index in [1.165, 1.54) is 109 Å². The van der Waals surface area contributed by atoms with Gasteiger partial charge in [-0.2, -0.15) is 0 Å². The Labute approximate surface area is 205 Å². The zero-order chi connectivity index (χ0) is 24.0. The second kappa shape index (κ2) is 20.3. The molecule has 1 amide bonds. The van der Waals surface area contributed by atoms with Crippen LogP contribution in [0.2, 0.25) is 0 Å². The molecule has 0 aromatic carbocycles. The van der Waals surface area contributed by atoms with Gasteiger partial charge < -0.3 is 10.5 Å². The van der Waals surface area contributed by atoms with E-state index < -0.39 is 11.5 Å². The van der Waals surface area contributed by atoms with Crippen LogP contribution in [0.3, 0.4) is 0 Å². The molecule has 0 bridgehead atoms. The second-order valence-electron chi connectivity index (χ2n) is 10.5. The molecule has 0 aliphatic heterocycles. The van der Waals surface area contributed by atoms with Crippen LogP contribution in [0.4, 0.5) is 0 Å². The Morgan fingerprint density at radius 2 is 0.970 bits per heavy atom. The van der Waals surface area contributed by atoms with Gasteiger partial charge in [0.15, 0.2) is 5.60 Å². The van der Waals surface area contributed by atoms with Crippen LogP contribution < -0.4 is 5.73 Å². The highest BCUT2D eigenvalue weighted by Crippen LogP contribution is 2.32. The first kappa shape index (κ1) is 30.0. The fourth-order valence-electron chi connectivity index (χ4n) is 5.14. The number of hydrogen-bond donors (Lipinski definition) is 1. The standard InChI is InChI=1S/C29H55NO3/c1-2-3-4-5-6-7-8-9-10-11-12-13-14-15-16-17-18-19-21-24-27(31)33-29(28(30)32)25-22-20-23-26-29/h2-26H2,1H3,(H2,30,32). The Hall–Kier alpha value is -1.06. The molecule has 33 heavy (non-hydrogen) atoms. The molecule has 4 nitrogen and oxygen atoms in total. The van der Waals surface area contributed by atoms with Gasteiger partial charge in [-0.3, -0.25) is 9.59 Å². The lowest BCUT2D eigenvalue weighted by Crippen LogP contribution is -2.49. The highest BCUT2D eigenvalue weighted by molar-refractivity contribution is 5.86. The fraction of sp³-hybridized carbons (Fsp3) is 0.931. The highest BCUT2D eigenvalue weighted by Gasteiger charge is 2.41. The molecule has 0 saturated heterocycles. The van der Waals surface area contributed by atoms with E-state index in [1.807, 2.05) is 0 Å². The molecule has 1 saturated carbocycles. The number of rotatable bonds is 22. The van der Waals surface area contributed by atoms with Crippen molar-refractivity contribution >= 4 is 11.9 Å². The molecule has 0 spiro atoms. The predicted octanol–water partition coefficient (Wildman–Crippen LogP) is 8.54. The summed E-state index contributed by atoms with van der Waals surface area (Å²) >= 11 is 0. The van der Waals surface area contributed by atoms with Crippen LogP contribution in [0, 0.1) is 0 Å². The number of nitrogens with two attached hydrogens (primary N) is 1. The quantitative estimate of drug-likeness (QED) is 0.129. The first-order chi connectivity index (χ1) is 16.1. The smallest absolute Gasteiger partial charge is 0.306 e.